The summed E-state index contributed by atoms with van der Waals surface area (Å²) >= 11 is 0. The molecule has 160 valence electrons. The maximum absolute atomic E-state index is 12.8. The van der Waals surface area contributed by atoms with Crippen LogP contribution in [0.1, 0.15) is 23.2 Å². The highest BCUT2D eigenvalue weighted by Gasteiger charge is 2.11. The molecular formula is C24H29Cl2N3O. The van der Waals surface area contributed by atoms with Gasteiger partial charge >= 0.3 is 0 Å². The third-order valence-corrected chi connectivity index (χ3v) is 4.89. The van der Waals surface area contributed by atoms with Gasteiger partial charge in [0.2, 0.25) is 0 Å². The number of quaternary nitrogens is 2. The first kappa shape index (κ1) is 25.7. The second-order valence-corrected chi connectivity index (χ2v) is 7.08. The summed E-state index contributed by atoms with van der Waals surface area (Å²) in [6.07, 6.45) is 1.89. The Balaban J connectivity index is 0.00000225. The minimum Gasteiger partial charge on any atom is -1.00 e. The highest BCUT2D eigenvalue weighted by atomic mass is 35.5. The largest absolute Gasteiger partial charge is 1.00 e. The van der Waals surface area contributed by atoms with Crippen LogP contribution in [-0.2, 0) is 0 Å². The molecule has 7 N–H and O–H groups in total. The van der Waals surface area contributed by atoms with E-state index in [1.54, 1.807) is 0 Å². The Labute approximate surface area is 190 Å². The van der Waals surface area contributed by atoms with Crippen molar-refractivity contribution in [1.82, 2.24) is 5.32 Å². The molecule has 0 aliphatic rings. The number of halogens is 2. The average Bonchev–Trinajstić information content (AvgIpc) is 2.77. The second-order valence-electron chi connectivity index (χ2n) is 7.08. The molecule has 0 aromatic heterocycles. The summed E-state index contributed by atoms with van der Waals surface area (Å²) in [6, 6.07) is 26.8. The van der Waals surface area contributed by atoms with E-state index < -0.39 is 0 Å². The number of hydrogen-bond acceptors (Lipinski definition) is 1. The quantitative estimate of drug-likeness (QED) is 0.307. The van der Waals surface area contributed by atoms with E-state index in [0.717, 1.165) is 41.6 Å². The SMILES string of the molecule is [Cl-].[Cl-].[NH3+]C[C@@H]([NH3+])CCCNC(=O)c1cc(-c2ccccc2)cc(-c2ccccc2)c1. The van der Waals surface area contributed by atoms with Crippen LogP contribution in [0.25, 0.3) is 22.3 Å². The predicted octanol–water partition coefficient (Wildman–Crippen LogP) is -3.61. The smallest absolute Gasteiger partial charge is 0.251 e. The summed E-state index contributed by atoms with van der Waals surface area (Å²) < 4.78 is 0. The molecule has 1 atom stereocenters. The van der Waals surface area contributed by atoms with Gasteiger partial charge in [0.05, 0.1) is 0 Å². The Bertz CT molecular complexity index is 847. The number of rotatable bonds is 8. The van der Waals surface area contributed by atoms with Crippen LogP contribution in [0, 0.1) is 0 Å². The molecule has 4 nitrogen and oxygen atoms in total. The number of hydrogen-bond donors (Lipinski definition) is 3. The van der Waals surface area contributed by atoms with Crippen molar-refractivity contribution >= 4 is 5.91 Å². The topological polar surface area (TPSA) is 84.4 Å². The molecule has 0 spiro atoms. The normalized spacial score (nSPS) is 11.0. The van der Waals surface area contributed by atoms with Gasteiger partial charge in [-0.25, -0.2) is 0 Å². The molecule has 0 unspecified atom stereocenters. The van der Waals surface area contributed by atoms with Crippen molar-refractivity contribution in [3.63, 3.8) is 0 Å². The molecule has 0 aliphatic carbocycles. The molecule has 0 heterocycles. The fourth-order valence-electron chi connectivity index (χ4n) is 3.19. The van der Waals surface area contributed by atoms with Gasteiger partial charge < -0.3 is 41.6 Å². The molecular weight excluding hydrogens is 417 g/mol. The number of carbonyl (C=O) groups is 1. The number of nitrogens with one attached hydrogen (secondary N) is 1. The minimum atomic E-state index is -0.0369. The van der Waals surface area contributed by atoms with Crippen LogP contribution in [0.15, 0.2) is 78.9 Å². The van der Waals surface area contributed by atoms with Crippen LogP contribution < -0.4 is 41.6 Å². The van der Waals surface area contributed by atoms with Crippen molar-refractivity contribution in [2.24, 2.45) is 0 Å². The fourth-order valence-corrected chi connectivity index (χ4v) is 3.19. The molecule has 3 rings (SSSR count). The van der Waals surface area contributed by atoms with Gasteiger partial charge in [-0.15, -0.1) is 0 Å². The van der Waals surface area contributed by atoms with E-state index >= 15 is 0 Å². The summed E-state index contributed by atoms with van der Waals surface area (Å²) in [5.41, 5.74) is 12.9. The van der Waals surface area contributed by atoms with Crippen molar-refractivity contribution in [1.29, 1.82) is 0 Å². The van der Waals surface area contributed by atoms with Crippen molar-refractivity contribution in [3.05, 3.63) is 84.4 Å². The zero-order chi connectivity index (χ0) is 19.8. The van der Waals surface area contributed by atoms with Crippen molar-refractivity contribution in [2.45, 2.75) is 18.9 Å². The molecule has 0 bridgehead atoms. The summed E-state index contributed by atoms with van der Waals surface area (Å²) in [4.78, 5) is 12.8. The average molecular weight is 446 g/mol. The van der Waals surface area contributed by atoms with Crippen LogP contribution in [-0.4, -0.2) is 25.0 Å². The molecule has 1 amide bonds. The monoisotopic (exact) mass is 445 g/mol. The lowest BCUT2D eigenvalue weighted by atomic mass is 9.96. The first-order valence-electron chi connectivity index (χ1n) is 9.84. The van der Waals surface area contributed by atoms with Gasteiger partial charge in [0.25, 0.3) is 5.91 Å². The summed E-state index contributed by atoms with van der Waals surface area (Å²) in [7, 11) is 0. The van der Waals surface area contributed by atoms with Gasteiger partial charge in [-0.05, 0) is 46.9 Å². The van der Waals surface area contributed by atoms with Gasteiger partial charge in [0, 0.05) is 18.5 Å². The summed E-state index contributed by atoms with van der Waals surface area (Å²) in [6.45, 7) is 1.48. The van der Waals surface area contributed by atoms with E-state index in [0.29, 0.717) is 18.2 Å². The highest BCUT2D eigenvalue weighted by molar-refractivity contribution is 5.97. The number of benzene rings is 3. The summed E-state index contributed by atoms with van der Waals surface area (Å²) in [5, 5.41) is 3.05. The van der Waals surface area contributed by atoms with E-state index in [9.17, 15) is 4.79 Å². The van der Waals surface area contributed by atoms with Crippen LogP contribution in [0.2, 0.25) is 0 Å². The van der Waals surface area contributed by atoms with Gasteiger partial charge in [0.1, 0.15) is 12.6 Å². The molecule has 0 radical (unpaired) electrons. The molecule has 0 saturated heterocycles. The van der Waals surface area contributed by atoms with Gasteiger partial charge in [-0.2, -0.15) is 0 Å². The lowest BCUT2D eigenvalue weighted by Crippen LogP contribution is -3.00. The van der Waals surface area contributed by atoms with Crippen molar-refractivity contribution in [3.8, 4) is 22.3 Å². The van der Waals surface area contributed by atoms with Gasteiger partial charge in [-0.3, -0.25) is 4.79 Å². The van der Waals surface area contributed by atoms with Crippen molar-refractivity contribution < 1.29 is 41.1 Å². The molecule has 3 aromatic carbocycles. The minimum absolute atomic E-state index is 0. The van der Waals surface area contributed by atoms with E-state index in [1.807, 2.05) is 48.5 Å². The first-order chi connectivity index (χ1) is 13.7. The molecule has 30 heavy (non-hydrogen) atoms. The summed E-state index contributed by atoms with van der Waals surface area (Å²) in [5.74, 6) is -0.0369. The van der Waals surface area contributed by atoms with E-state index in [4.69, 9.17) is 0 Å². The Morgan fingerprint density at radius 1 is 0.800 bits per heavy atom. The van der Waals surface area contributed by atoms with Crippen LogP contribution in [0.5, 0.6) is 0 Å². The van der Waals surface area contributed by atoms with Gasteiger partial charge in [0.15, 0.2) is 0 Å². The highest BCUT2D eigenvalue weighted by Crippen LogP contribution is 2.28. The number of amides is 1. The van der Waals surface area contributed by atoms with Crippen LogP contribution >= 0.6 is 0 Å². The lowest BCUT2D eigenvalue weighted by Gasteiger charge is -2.11. The standard InChI is InChI=1S/C24H27N3O.2ClH/c25-17-23(26)12-7-13-27-24(28)22-15-20(18-8-3-1-4-9-18)14-21(16-22)19-10-5-2-6-11-19;;/h1-6,8-11,14-16,23H,7,12-13,17,25-26H2,(H,27,28);2*1H/t23-;;/m0../s1. The second kappa shape index (κ2) is 13.0. The molecule has 0 aliphatic heterocycles. The third kappa shape index (κ3) is 7.15. The Morgan fingerprint density at radius 3 is 1.77 bits per heavy atom. The maximum atomic E-state index is 12.8. The molecule has 0 fully saturated rings. The zero-order valence-electron chi connectivity index (χ0n) is 17.0. The van der Waals surface area contributed by atoms with Crippen LogP contribution in [0.4, 0.5) is 0 Å². The molecule has 0 saturated carbocycles. The maximum Gasteiger partial charge on any atom is 0.251 e. The Hall–Kier alpha value is -2.37. The third-order valence-electron chi connectivity index (χ3n) is 4.89. The zero-order valence-corrected chi connectivity index (χ0v) is 18.5. The fraction of sp³-hybridized carbons (Fsp3) is 0.208. The predicted molar refractivity (Wildman–Crippen MR) is 113 cm³/mol. The van der Waals surface area contributed by atoms with E-state index in [-0.39, 0.29) is 30.7 Å². The molecule has 3 aromatic rings. The van der Waals surface area contributed by atoms with E-state index in [1.165, 1.54) is 0 Å². The lowest BCUT2D eigenvalue weighted by molar-refractivity contribution is -0.494. The molecule has 6 heteroatoms. The van der Waals surface area contributed by atoms with Crippen molar-refractivity contribution in [2.75, 3.05) is 13.1 Å². The van der Waals surface area contributed by atoms with E-state index in [2.05, 4.69) is 47.1 Å². The number of carbonyl (C=O) groups excluding carboxylic acids is 1. The van der Waals surface area contributed by atoms with Gasteiger partial charge in [-0.1, -0.05) is 60.7 Å². The first-order valence-corrected chi connectivity index (χ1v) is 9.84. The van der Waals surface area contributed by atoms with Crippen LogP contribution in [0.3, 0.4) is 0 Å². The Kier molecular flexibility index (Phi) is 11.2. The Morgan fingerprint density at radius 2 is 1.30 bits per heavy atom.